The molecule has 1 aliphatic heterocycles. The number of carbonyl (C=O) groups excluding carboxylic acids is 2. The number of amides is 3. The quantitative estimate of drug-likeness (QED) is 0.615. The molecule has 0 spiro atoms. The van der Waals surface area contributed by atoms with Gasteiger partial charge in [-0.05, 0) is 23.8 Å². The van der Waals surface area contributed by atoms with Gasteiger partial charge in [0.15, 0.2) is 5.82 Å². The number of nitrogens with zero attached hydrogens (tertiary/aromatic N) is 2. The minimum atomic E-state index is -3.32. The predicted octanol–water partition coefficient (Wildman–Crippen LogP) is 2.42. The minimum absolute atomic E-state index is 0.0268. The Morgan fingerprint density at radius 2 is 2.06 bits per heavy atom. The van der Waals surface area contributed by atoms with E-state index >= 15 is 0 Å². The zero-order chi connectivity index (χ0) is 22.6. The molecule has 1 aromatic heterocycles. The predicted molar refractivity (Wildman–Crippen MR) is 107 cm³/mol. The molecule has 0 fully saturated rings. The van der Waals surface area contributed by atoms with E-state index < -0.39 is 24.1 Å². The number of methoxy groups -OCH3 is 1. The molecule has 2 heterocycles. The molecule has 11 heteroatoms. The number of alkyl halides is 2. The molecule has 1 aromatic carbocycles. The highest BCUT2D eigenvalue weighted by atomic mass is 19.3. The fraction of sp³-hybridized carbons (Fsp3) is 0.350. The molecule has 9 nitrogen and oxygen atoms in total. The van der Waals surface area contributed by atoms with Gasteiger partial charge in [-0.2, -0.15) is 8.78 Å². The summed E-state index contributed by atoms with van der Waals surface area (Å²) in [5, 5.41) is 14.9. The summed E-state index contributed by atoms with van der Waals surface area (Å²) in [6.07, 6.45) is -1.89. The normalized spacial score (nSPS) is 14.5. The van der Waals surface area contributed by atoms with Crippen LogP contribution in [0.15, 0.2) is 36.5 Å². The highest BCUT2D eigenvalue weighted by Crippen LogP contribution is 2.31. The maximum absolute atomic E-state index is 13.0. The lowest BCUT2D eigenvalue weighted by Crippen LogP contribution is -2.49. The van der Waals surface area contributed by atoms with Gasteiger partial charge in [-0.15, -0.1) is 0 Å². The fourth-order valence-electron chi connectivity index (χ4n) is 3.12. The second-order valence-corrected chi connectivity index (χ2v) is 6.90. The number of nitrogens with one attached hydrogen (secondary N) is 2. The third-order valence-electron chi connectivity index (χ3n) is 4.47. The monoisotopic (exact) mass is 436 g/mol. The average Bonchev–Trinajstić information content (AvgIpc) is 2.71. The first-order chi connectivity index (χ1) is 14.7. The molecule has 166 valence electrons. The summed E-state index contributed by atoms with van der Waals surface area (Å²) in [7, 11) is 1.45. The van der Waals surface area contributed by atoms with E-state index in [1.165, 1.54) is 43.6 Å². The lowest BCUT2D eigenvalue weighted by atomic mass is 10.1. The van der Waals surface area contributed by atoms with Gasteiger partial charge in [-0.1, -0.05) is 12.1 Å². The van der Waals surface area contributed by atoms with Gasteiger partial charge in [0.2, 0.25) is 5.91 Å². The lowest BCUT2D eigenvalue weighted by Gasteiger charge is -2.30. The Morgan fingerprint density at radius 1 is 1.35 bits per heavy atom. The van der Waals surface area contributed by atoms with Gasteiger partial charge in [-0.3, -0.25) is 9.69 Å². The first-order valence-corrected chi connectivity index (χ1v) is 9.34. The third kappa shape index (κ3) is 5.44. The van der Waals surface area contributed by atoms with Crippen LogP contribution in [0, 0.1) is 0 Å². The number of fused-ring (bicyclic) bond motifs is 1. The van der Waals surface area contributed by atoms with E-state index in [0.717, 1.165) is 4.90 Å². The molecule has 2 aromatic rings. The molecule has 0 saturated carbocycles. The van der Waals surface area contributed by atoms with Crippen molar-refractivity contribution in [3.05, 3.63) is 47.7 Å². The first kappa shape index (κ1) is 22.4. The van der Waals surface area contributed by atoms with Crippen molar-refractivity contribution < 1.29 is 33.0 Å². The van der Waals surface area contributed by atoms with E-state index in [-0.39, 0.29) is 37.0 Å². The summed E-state index contributed by atoms with van der Waals surface area (Å²) in [6.45, 7) is 0.126. The molecular formula is C20H22F2N4O5. The number of aromatic nitrogens is 1. The van der Waals surface area contributed by atoms with Crippen molar-refractivity contribution in [2.75, 3.05) is 30.5 Å². The Hall–Kier alpha value is -3.31. The van der Waals surface area contributed by atoms with Crippen LogP contribution in [0.4, 0.5) is 25.1 Å². The number of halogens is 2. The average molecular weight is 436 g/mol. The highest BCUT2D eigenvalue weighted by molar-refractivity contribution is 6.09. The van der Waals surface area contributed by atoms with E-state index in [2.05, 4.69) is 20.4 Å². The number of pyridine rings is 1. The summed E-state index contributed by atoms with van der Waals surface area (Å²) in [6, 6.07) is 6.08. The lowest BCUT2D eigenvalue weighted by molar-refractivity contribution is -0.158. The Morgan fingerprint density at radius 3 is 2.68 bits per heavy atom. The first-order valence-electron chi connectivity index (χ1n) is 9.34. The minimum Gasteiger partial charge on any atom is -0.433 e. The smallest absolute Gasteiger partial charge is 0.394 e. The maximum Gasteiger partial charge on any atom is 0.394 e. The Balaban J connectivity index is 1.81. The van der Waals surface area contributed by atoms with Gasteiger partial charge >= 0.3 is 12.1 Å². The van der Waals surface area contributed by atoms with E-state index in [0.29, 0.717) is 18.1 Å². The van der Waals surface area contributed by atoms with Gasteiger partial charge in [0.25, 0.3) is 0 Å². The van der Waals surface area contributed by atoms with Crippen LogP contribution in [0.3, 0.4) is 0 Å². The van der Waals surface area contributed by atoms with E-state index in [4.69, 9.17) is 4.74 Å². The van der Waals surface area contributed by atoms with Crippen molar-refractivity contribution in [2.45, 2.75) is 25.7 Å². The third-order valence-corrected chi connectivity index (χ3v) is 4.47. The van der Waals surface area contributed by atoms with Crippen LogP contribution in [0.1, 0.15) is 24.1 Å². The number of carbonyl (C=O) groups is 2. The molecule has 3 N–H and O–H groups in total. The Kier molecular flexibility index (Phi) is 6.66. The van der Waals surface area contributed by atoms with Crippen LogP contribution >= 0.6 is 0 Å². The van der Waals surface area contributed by atoms with Gasteiger partial charge in [0.1, 0.15) is 12.3 Å². The molecular weight excluding hydrogens is 414 g/mol. The number of rotatable bonds is 7. The largest absolute Gasteiger partial charge is 0.433 e. The second kappa shape index (κ2) is 9.23. The number of aliphatic hydroxyl groups excluding tert-OH is 1. The van der Waals surface area contributed by atoms with E-state index in [9.17, 15) is 23.5 Å². The molecule has 0 aliphatic carbocycles. The van der Waals surface area contributed by atoms with Crippen molar-refractivity contribution in [3.63, 3.8) is 0 Å². The van der Waals surface area contributed by atoms with Crippen molar-refractivity contribution in [1.82, 2.24) is 10.3 Å². The molecule has 0 saturated heterocycles. The Bertz CT molecular complexity index is 950. The Labute approximate surface area is 177 Å². The highest BCUT2D eigenvalue weighted by Gasteiger charge is 2.31. The number of urea groups is 1. The molecule has 0 radical (unpaired) electrons. The van der Waals surface area contributed by atoms with Crippen LogP contribution in [0.2, 0.25) is 0 Å². The van der Waals surface area contributed by atoms with Crippen molar-refractivity contribution in [2.24, 2.45) is 0 Å². The standard InChI is InChI=1S/C20H22F2N4O5/c1-20(21,22)31-14-5-3-12(4-6-14)15(11-30-2)24-19(29)26-9-16(28)25-17-13(10-27)7-8-23-18(17)26/h3-8,15,27H,9-11H2,1-2H3,(H,24,29)(H,25,28). The molecule has 3 rings (SSSR count). The molecule has 1 aliphatic rings. The zero-order valence-electron chi connectivity index (χ0n) is 16.9. The van der Waals surface area contributed by atoms with Crippen LogP contribution in [0.5, 0.6) is 5.75 Å². The molecule has 3 amide bonds. The topological polar surface area (TPSA) is 113 Å². The second-order valence-electron chi connectivity index (χ2n) is 6.90. The van der Waals surface area contributed by atoms with Crippen LogP contribution in [0.25, 0.3) is 0 Å². The van der Waals surface area contributed by atoms with Gasteiger partial charge in [0.05, 0.1) is 24.9 Å². The number of ether oxygens (including phenoxy) is 2. The van der Waals surface area contributed by atoms with Crippen LogP contribution in [-0.2, 0) is 16.1 Å². The molecule has 1 unspecified atom stereocenters. The summed E-state index contributed by atoms with van der Waals surface area (Å²) in [5.74, 6) is -0.259. The van der Waals surface area contributed by atoms with Crippen molar-refractivity contribution in [1.29, 1.82) is 0 Å². The van der Waals surface area contributed by atoms with Crippen LogP contribution < -0.4 is 20.3 Å². The van der Waals surface area contributed by atoms with E-state index in [1.54, 1.807) is 0 Å². The van der Waals surface area contributed by atoms with Crippen LogP contribution in [-0.4, -0.2) is 48.4 Å². The number of aliphatic hydroxyl groups is 1. The zero-order valence-corrected chi connectivity index (χ0v) is 16.9. The summed E-state index contributed by atoms with van der Waals surface area (Å²) >= 11 is 0. The molecule has 31 heavy (non-hydrogen) atoms. The summed E-state index contributed by atoms with van der Waals surface area (Å²) in [4.78, 5) is 30.4. The molecule has 1 atom stereocenters. The SMILES string of the molecule is COCC(NC(=O)N1CC(=O)Nc2c(CO)ccnc21)c1ccc(OC(C)(F)F)cc1. The van der Waals surface area contributed by atoms with Crippen molar-refractivity contribution in [3.8, 4) is 5.75 Å². The number of hydrogen-bond acceptors (Lipinski definition) is 6. The summed E-state index contributed by atoms with van der Waals surface area (Å²) in [5.41, 5.74) is 1.27. The fourth-order valence-corrected chi connectivity index (χ4v) is 3.12. The summed E-state index contributed by atoms with van der Waals surface area (Å²) < 4.78 is 35.7. The van der Waals surface area contributed by atoms with Gasteiger partial charge < -0.3 is 25.2 Å². The number of benzene rings is 1. The number of anilines is 2. The van der Waals surface area contributed by atoms with Gasteiger partial charge in [0, 0.05) is 25.8 Å². The van der Waals surface area contributed by atoms with E-state index in [1.807, 2.05) is 0 Å². The van der Waals surface area contributed by atoms with Gasteiger partial charge in [-0.25, -0.2) is 9.78 Å². The molecule has 0 bridgehead atoms. The van der Waals surface area contributed by atoms with Crippen molar-refractivity contribution >= 4 is 23.4 Å². The maximum atomic E-state index is 13.0. The number of hydrogen-bond donors (Lipinski definition) is 3.